The van der Waals surface area contributed by atoms with E-state index in [1.54, 1.807) is 16.6 Å². The number of carbonyl (C=O) groups excluding carboxylic acids is 1. The first-order valence-corrected chi connectivity index (χ1v) is 7.08. The minimum atomic E-state index is -0.139. The molecule has 2 aromatic heterocycles. The summed E-state index contributed by atoms with van der Waals surface area (Å²) in [5.74, 6) is 0.957. The molecule has 0 saturated heterocycles. The van der Waals surface area contributed by atoms with Gasteiger partial charge in [-0.25, -0.2) is 9.50 Å². The lowest BCUT2D eigenvalue weighted by molar-refractivity contribution is 0.0950. The molecule has 1 aromatic carbocycles. The summed E-state index contributed by atoms with van der Waals surface area (Å²) in [5.41, 5.74) is 3.61. The van der Waals surface area contributed by atoms with Crippen LogP contribution in [0.5, 0.6) is 0 Å². The van der Waals surface area contributed by atoms with Gasteiger partial charge in [-0.1, -0.05) is 17.7 Å². The highest BCUT2D eigenvalue weighted by atomic mass is 16.1. The second-order valence-electron chi connectivity index (χ2n) is 5.33. The minimum Gasteiger partial charge on any atom is -0.345 e. The van der Waals surface area contributed by atoms with Crippen LogP contribution in [-0.4, -0.2) is 25.5 Å². The summed E-state index contributed by atoms with van der Waals surface area (Å²) in [6.07, 6.45) is 0. The highest BCUT2D eigenvalue weighted by Gasteiger charge is 2.10. The Bertz CT molecular complexity index is 836. The predicted octanol–water partition coefficient (Wildman–Crippen LogP) is 1.98. The summed E-state index contributed by atoms with van der Waals surface area (Å²) in [6.45, 7) is 6.12. The van der Waals surface area contributed by atoms with Gasteiger partial charge in [0.05, 0.1) is 6.54 Å². The number of hydrogen-bond donors (Lipinski definition) is 1. The number of fused-ring (bicyclic) bond motifs is 1. The fourth-order valence-electron chi connectivity index (χ4n) is 2.25. The number of hydrogen-bond acceptors (Lipinski definition) is 4. The second-order valence-corrected chi connectivity index (χ2v) is 5.33. The smallest absolute Gasteiger partial charge is 0.252 e. The molecule has 6 nitrogen and oxygen atoms in total. The molecule has 0 atom stereocenters. The summed E-state index contributed by atoms with van der Waals surface area (Å²) in [5, 5.41) is 7.19. The SMILES string of the molecule is Cc1ccc(C(=O)NCc2nc3nc(C)cc(C)n3n2)cc1. The van der Waals surface area contributed by atoms with Gasteiger partial charge in [0.15, 0.2) is 5.82 Å². The standard InChI is InChI=1S/C16H17N5O/c1-10-4-6-13(7-5-10)15(22)17-9-14-19-16-18-11(2)8-12(3)21(16)20-14/h4-8H,9H2,1-3H3,(H,17,22). The number of aryl methyl sites for hydroxylation is 3. The molecule has 6 heteroatoms. The summed E-state index contributed by atoms with van der Waals surface area (Å²) < 4.78 is 1.68. The van der Waals surface area contributed by atoms with Gasteiger partial charge in [-0.3, -0.25) is 4.79 Å². The molecule has 1 N–H and O–H groups in total. The average molecular weight is 295 g/mol. The van der Waals surface area contributed by atoms with Crippen molar-refractivity contribution in [2.24, 2.45) is 0 Å². The Hall–Kier alpha value is -2.76. The van der Waals surface area contributed by atoms with Crippen molar-refractivity contribution in [2.75, 3.05) is 0 Å². The molecule has 3 rings (SSSR count). The zero-order chi connectivity index (χ0) is 15.7. The Morgan fingerprint density at radius 1 is 1.14 bits per heavy atom. The third-order valence-corrected chi connectivity index (χ3v) is 3.38. The Morgan fingerprint density at radius 2 is 1.86 bits per heavy atom. The topological polar surface area (TPSA) is 72.2 Å². The van der Waals surface area contributed by atoms with Crippen LogP contribution >= 0.6 is 0 Å². The van der Waals surface area contributed by atoms with Crippen LogP contribution in [0.4, 0.5) is 0 Å². The van der Waals surface area contributed by atoms with Gasteiger partial charge in [0, 0.05) is 17.0 Å². The maximum atomic E-state index is 12.1. The second kappa shape index (κ2) is 5.55. The van der Waals surface area contributed by atoms with E-state index < -0.39 is 0 Å². The Balaban J connectivity index is 1.75. The van der Waals surface area contributed by atoms with Crippen LogP contribution in [0.15, 0.2) is 30.3 Å². The zero-order valence-electron chi connectivity index (χ0n) is 12.8. The van der Waals surface area contributed by atoms with E-state index in [0.717, 1.165) is 17.0 Å². The van der Waals surface area contributed by atoms with E-state index in [0.29, 0.717) is 17.2 Å². The fourth-order valence-corrected chi connectivity index (χ4v) is 2.25. The van der Waals surface area contributed by atoms with Crippen molar-refractivity contribution in [3.63, 3.8) is 0 Å². The van der Waals surface area contributed by atoms with E-state index in [9.17, 15) is 4.79 Å². The summed E-state index contributed by atoms with van der Waals surface area (Å²) >= 11 is 0. The number of aromatic nitrogens is 4. The van der Waals surface area contributed by atoms with Crippen molar-refractivity contribution in [2.45, 2.75) is 27.3 Å². The Morgan fingerprint density at radius 3 is 2.59 bits per heavy atom. The molecule has 3 aromatic rings. The lowest BCUT2D eigenvalue weighted by Crippen LogP contribution is -2.23. The Kier molecular flexibility index (Phi) is 3.58. The van der Waals surface area contributed by atoms with Crippen LogP contribution in [-0.2, 0) is 6.54 Å². The molecule has 112 valence electrons. The summed E-state index contributed by atoms with van der Waals surface area (Å²) in [7, 11) is 0. The van der Waals surface area contributed by atoms with Crippen LogP contribution in [0.25, 0.3) is 5.78 Å². The molecule has 2 heterocycles. The van der Waals surface area contributed by atoms with Gasteiger partial charge in [-0.2, -0.15) is 4.98 Å². The number of carbonyl (C=O) groups is 1. The van der Waals surface area contributed by atoms with Crippen LogP contribution in [0.2, 0.25) is 0 Å². The molecule has 0 radical (unpaired) electrons. The molecule has 0 fully saturated rings. The lowest BCUT2D eigenvalue weighted by Gasteiger charge is -2.02. The van der Waals surface area contributed by atoms with Crippen molar-refractivity contribution in [3.8, 4) is 0 Å². The third-order valence-electron chi connectivity index (χ3n) is 3.38. The van der Waals surface area contributed by atoms with Crippen molar-refractivity contribution >= 4 is 11.7 Å². The number of nitrogens with zero attached hydrogens (tertiary/aromatic N) is 4. The number of amides is 1. The van der Waals surface area contributed by atoms with E-state index in [1.807, 2.05) is 39.0 Å². The highest BCUT2D eigenvalue weighted by Crippen LogP contribution is 2.06. The van der Waals surface area contributed by atoms with E-state index in [1.165, 1.54) is 0 Å². The third kappa shape index (κ3) is 2.81. The van der Waals surface area contributed by atoms with Crippen molar-refractivity contribution in [1.82, 2.24) is 24.9 Å². The van der Waals surface area contributed by atoms with Crippen molar-refractivity contribution < 1.29 is 4.79 Å². The molecule has 0 bridgehead atoms. The van der Waals surface area contributed by atoms with E-state index >= 15 is 0 Å². The predicted molar refractivity (Wildman–Crippen MR) is 82.6 cm³/mol. The summed E-state index contributed by atoms with van der Waals surface area (Å²) in [6, 6.07) is 9.37. The molecular formula is C16H17N5O. The van der Waals surface area contributed by atoms with E-state index in [2.05, 4.69) is 20.4 Å². The van der Waals surface area contributed by atoms with Gasteiger partial charge in [0.1, 0.15) is 0 Å². The van der Waals surface area contributed by atoms with E-state index in [-0.39, 0.29) is 12.5 Å². The number of benzene rings is 1. The first-order valence-electron chi connectivity index (χ1n) is 7.08. The molecule has 0 aliphatic heterocycles. The van der Waals surface area contributed by atoms with Crippen LogP contribution in [0, 0.1) is 20.8 Å². The first kappa shape index (κ1) is 14.2. The maximum Gasteiger partial charge on any atom is 0.252 e. The average Bonchev–Trinajstić information content (AvgIpc) is 2.89. The zero-order valence-corrected chi connectivity index (χ0v) is 12.8. The monoisotopic (exact) mass is 295 g/mol. The minimum absolute atomic E-state index is 0.139. The molecule has 0 saturated carbocycles. The van der Waals surface area contributed by atoms with Gasteiger partial charge in [-0.05, 0) is 39.0 Å². The van der Waals surface area contributed by atoms with Gasteiger partial charge >= 0.3 is 0 Å². The van der Waals surface area contributed by atoms with Crippen LogP contribution < -0.4 is 5.32 Å². The van der Waals surface area contributed by atoms with Crippen LogP contribution in [0.1, 0.15) is 33.1 Å². The fraction of sp³-hybridized carbons (Fsp3) is 0.250. The molecular weight excluding hydrogens is 278 g/mol. The quantitative estimate of drug-likeness (QED) is 0.802. The normalized spacial score (nSPS) is 10.9. The lowest BCUT2D eigenvalue weighted by atomic mass is 10.1. The molecule has 0 spiro atoms. The Labute approximate surface area is 128 Å². The largest absolute Gasteiger partial charge is 0.345 e. The molecule has 0 unspecified atom stereocenters. The van der Waals surface area contributed by atoms with Gasteiger partial charge in [0.25, 0.3) is 11.7 Å². The summed E-state index contributed by atoms with van der Waals surface area (Å²) in [4.78, 5) is 20.7. The first-order chi connectivity index (χ1) is 10.5. The van der Waals surface area contributed by atoms with Gasteiger partial charge < -0.3 is 5.32 Å². The number of rotatable bonds is 3. The van der Waals surface area contributed by atoms with Crippen molar-refractivity contribution in [3.05, 3.63) is 58.7 Å². The molecule has 22 heavy (non-hydrogen) atoms. The highest BCUT2D eigenvalue weighted by molar-refractivity contribution is 5.94. The molecule has 1 amide bonds. The van der Waals surface area contributed by atoms with Crippen LogP contribution in [0.3, 0.4) is 0 Å². The van der Waals surface area contributed by atoms with E-state index in [4.69, 9.17) is 0 Å². The van der Waals surface area contributed by atoms with Crippen molar-refractivity contribution in [1.29, 1.82) is 0 Å². The van der Waals surface area contributed by atoms with Gasteiger partial charge in [-0.15, -0.1) is 5.10 Å². The van der Waals surface area contributed by atoms with Gasteiger partial charge in [0.2, 0.25) is 0 Å². The number of nitrogens with one attached hydrogen (secondary N) is 1. The molecule has 0 aliphatic carbocycles. The molecule has 0 aliphatic rings. The maximum absolute atomic E-state index is 12.1.